The van der Waals surface area contributed by atoms with Crippen LogP contribution < -0.4 is 5.01 Å². The summed E-state index contributed by atoms with van der Waals surface area (Å²) in [6, 6.07) is 22.9. The van der Waals surface area contributed by atoms with Gasteiger partial charge in [0.15, 0.2) is 0 Å². The third kappa shape index (κ3) is 5.19. The van der Waals surface area contributed by atoms with Crippen LogP contribution >= 0.6 is 11.3 Å². The minimum atomic E-state index is -0.103. The van der Waals surface area contributed by atoms with Crippen molar-refractivity contribution in [3.05, 3.63) is 101 Å². The lowest BCUT2D eigenvalue weighted by Crippen LogP contribution is -2.57. The van der Waals surface area contributed by atoms with E-state index in [-0.39, 0.29) is 11.8 Å². The second-order valence-electron chi connectivity index (χ2n) is 8.57. The molecular formula is C28H27N5O2S. The fourth-order valence-electron chi connectivity index (χ4n) is 4.40. The Labute approximate surface area is 214 Å². The standard InChI is InChI=1S/C28H27N5O2S/c1-21-30-27(22-8-4-2-5-9-22)25(36-21)20-26(34)31-16-18-32(19-17-31)33(24-12-14-29-15-13-24)28(35)23-10-6-3-7-11-23/h2-15H,16-20H2,1H3. The predicted molar refractivity (Wildman–Crippen MR) is 142 cm³/mol. The van der Waals surface area contributed by atoms with Crippen molar-refractivity contribution in [2.24, 2.45) is 0 Å². The number of aromatic nitrogens is 2. The van der Waals surface area contributed by atoms with Crippen molar-refractivity contribution in [1.82, 2.24) is 19.9 Å². The van der Waals surface area contributed by atoms with Gasteiger partial charge in [-0.2, -0.15) is 0 Å². The Balaban J connectivity index is 1.29. The van der Waals surface area contributed by atoms with Crippen molar-refractivity contribution in [1.29, 1.82) is 0 Å². The number of rotatable bonds is 6. The van der Waals surface area contributed by atoms with Crippen LogP contribution in [0.15, 0.2) is 85.2 Å². The van der Waals surface area contributed by atoms with E-state index in [0.717, 1.165) is 26.8 Å². The van der Waals surface area contributed by atoms with Crippen LogP contribution in [-0.4, -0.2) is 57.9 Å². The molecule has 0 unspecified atom stereocenters. The molecule has 3 heterocycles. The maximum atomic E-state index is 13.5. The zero-order valence-corrected chi connectivity index (χ0v) is 20.9. The van der Waals surface area contributed by atoms with Gasteiger partial charge in [0.05, 0.1) is 22.8 Å². The Morgan fingerprint density at radius 1 is 0.889 bits per heavy atom. The molecule has 0 aliphatic carbocycles. The number of aryl methyl sites for hydroxylation is 1. The van der Waals surface area contributed by atoms with Crippen LogP contribution in [0.3, 0.4) is 0 Å². The van der Waals surface area contributed by atoms with Gasteiger partial charge in [0.2, 0.25) is 5.91 Å². The molecule has 2 amide bonds. The van der Waals surface area contributed by atoms with Gasteiger partial charge in [-0.25, -0.2) is 15.0 Å². The average Bonchev–Trinajstić information content (AvgIpc) is 3.30. The molecule has 1 fully saturated rings. The van der Waals surface area contributed by atoms with Gasteiger partial charge in [-0.15, -0.1) is 11.3 Å². The lowest BCUT2D eigenvalue weighted by molar-refractivity contribution is -0.132. The summed E-state index contributed by atoms with van der Waals surface area (Å²) in [5, 5.41) is 4.67. The van der Waals surface area contributed by atoms with Gasteiger partial charge in [0.1, 0.15) is 0 Å². The van der Waals surface area contributed by atoms with E-state index < -0.39 is 0 Å². The zero-order chi connectivity index (χ0) is 24.9. The SMILES string of the molecule is Cc1nc(-c2ccccc2)c(CC(=O)N2CCN(N(C(=O)c3ccccc3)c3ccncc3)CC2)s1. The number of hydrogen-bond acceptors (Lipinski definition) is 6. The molecular weight excluding hydrogens is 470 g/mol. The topological polar surface area (TPSA) is 69.6 Å². The first kappa shape index (κ1) is 23.8. The highest BCUT2D eigenvalue weighted by molar-refractivity contribution is 7.12. The first-order chi connectivity index (χ1) is 17.6. The van der Waals surface area contributed by atoms with E-state index in [2.05, 4.69) is 9.97 Å². The average molecular weight is 498 g/mol. The van der Waals surface area contributed by atoms with Crippen LogP contribution in [0.5, 0.6) is 0 Å². The van der Waals surface area contributed by atoms with Gasteiger partial charge < -0.3 is 4.90 Å². The number of hydrogen-bond donors (Lipinski definition) is 0. The van der Waals surface area contributed by atoms with Crippen LogP contribution in [0.2, 0.25) is 0 Å². The summed E-state index contributed by atoms with van der Waals surface area (Å²) in [6.07, 6.45) is 3.69. The van der Waals surface area contributed by atoms with Gasteiger partial charge in [0.25, 0.3) is 5.91 Å². The van der Waals surface area contributed by atoms with Crippen LogP contribution in [0, 0.1) is 6.92 Å². The number of nitrogens with zero attached hydrogens (tertiary/aromatic N) is 5. The van der Waals surface area contributed by atoms with E-state index >= 15 is 0 Å². The highest BCUT2D eigenvalue weighted by Crippen LogP contribution is 2.29. The van der Waals surface area contributed by atoms with Crippen molar-refractivity contribution >= 4 is 28.8 Å². The number of hydrazine groups is 1. The molecule has 2 aromatic carbocycles. The molecule has 0 saturated carbocycles. The molecule has 7 nitrogen and oxygen atoms in total. The molecule has 0 atom stereocenters. The summed E-state index contributed by atoms with van der Waals surface area (Å²) < 4.78 is 0. The number of anilines is 1. The van der Waals surface area contributed by atoms with E-state index in [1.165, 1.54) is 0 Å². The molecule has 0 spiro atoms. The summed E-state index contributed by atoms with van der Waals surface area (Å²) in [6.45, 7) is 4.17. The van der Waals surface area contributed by atoms with Gasteiger partial charge in [0, 0.05) is 54.6 Å². The Hall–Kier alpha value is -3.88. The van der Waals surface area contributed by atoms with Crippen LogP contribution in [0.25, 0.3) is 11.3 Å². The second-order valence-corrected chi connectivity index (χ2v) is 9.86. The van der Waals surface area contributed by atoms with Crippen molar-refractivity contribution in [3.8, 4) is 11.3 Å². The quantitative estimate of drug-likeness (QED) is 0.393. The third-order valence-electron chi connectivity index (χ3n) is 6.18. The fourth-order valence-corrected chi connectivity index (χ4v) is 5.35. The van der Waals surface area contributed by atoms with Crippen LogP contribution in [-0.2, 0) is 11.2 Å². The number of piperazine rings is 1. The Morgan fingerprint density at radius 2 is 1.53 bits per heavy atom. The first-order valence-electron chi connectivity index (χ1n) is 11.9. The molecule has 182 valence electrons. The maximum absolute atomic E-state index is 13.5. The van der Waals surface area contributed by atoms with Gasteiger partial charge in [-0.1, -0.05) is 48.5 Å². The molecule has 5 rings (SSSR count). The largest absolute Gasteiger partial charge is 0.340 e. The van der Waals surface area contributed by atoms with E-state index in [4.69, 9.17) is 0 Å². The van der Waals surface area contributed by atoms with E-state index in [1.807, 2.05) is 89.6 Å². The van der Waals surface area contributed by atoms with Crippen molar-refractivity contribution in [3.63, 3.8) is 0 Å². The lowest BCUT2D eigenvalue weighted by Gasteiger charge is -2.41. The fraction of sp³-hybridized carbons (Fsp3) is 0.214. The molecule has 8 heteroatoms. The molecule has 1 aliphatic heterocycles. The second kappa shape index (κ2) is 10.8. The lowest BCUT2D eigenvalue weighted by atomic mass is 10.1. The van der Waals surface area contributed by atoms with Crippen molar-refractivity contribution in [2.45, 2.75) is 13.3 Å². The number of carbonyl (C=O) groups excluding carboxylic acids is 2. The monoisotopic (exact) mass is 497 g/mol. The molecule has 0 radical (unpaired) electrons. The third-order valence-corrected chi connectivity index (χ3v) is 7.15. The Kier molecular flexibility index (Phi) is 7.16. The normalized spacial score (nSPS) is 14.0. The highest BCUT2D eigenvalue weighted by Gasteiger charge is 2.30. The van der Waals surface area contributed by atoms with Crippen LogP contribution in [0.1, 0.15) is 20.2 Å². The Morgan fingerprint density at radius 3 is 2.19 bits per heavy atom. The summed E-state index contributed by atoms with van der Waals surface area (Å²) in [5.74, 6) is -0.0189. The molecule has 1 aliphatic rings. The summed E-state index contributed by atoms with van der Waals surface area (Å²) in [7, 11) is 0. The maximum Gasteiger partial charge on any atom is 0.272 e. The van der Waals surface area contributed by atoms with E-state index in [9.17, 15) is 9.59 Å². The van der Waals surface area contributed by atoms with Crippen LogP contribution in [0.4, 0.5) is 5.69 Å². The van der Waals surface area contributed by atoms with Gasteiger partial charge in [-0.3, -0.25) is 14.6 Å². The first-order valence-corrected chi connectivity index (χ1v) is 12.8. The number of benzene rings is 2. The van der Waals surface area contributed by atoms with E-state index in [1.54, 1.807) is 28.7 Å². The number of carbonyl (C=O) groups is 2. The number of amides is 2. The number of thiazole rings is 1. The van der Waals surface area contributed by atoms with E-state index in [0.29, 0.717) is 38.2 Å². The molecule has 2 aromatic heterocycles. The van der Waals surface area contributed by atoms with Crippen molar-refractivity contribution in [2.75, 3.05) is 31.2 Å². The molecule has 36 heavy (non-hydrogen) atoms. The minimum Gasteiger partial charge on any atom is -0.340 e. The molecule has 4 aromatic rings. The smallest absolute Gasteiger partial charge is 0.272 e. The van der Waals surface area contributed by atoms with Crippen molar-refractivity contribution < 1.29 is 9.59 Å². The molecule has 1 saturated heterocycles. The molecule has 0 N–H and O–H groups in total. The molecule has 0 bridgehead atoms. The summed E-state index contributed by atoms with van der Waals surface area (Å²) >= 11 is 1.58. The minimum absolute atomic E-state index is 0.0836. The predicted octanol–water partition coefficient (Wildman–Crippen LogP) is 4.46. The highest BCUT2D eigenvalue weighted by atomic mass is 32.1. The summed E-state index contributed by atoms with van der Waals surface area (Å²) in [5.41, 5.74) is 3.29. The zero-order valence-electron chi connectivity index (χ0n) is 20.1. The van der Waals surface area contributed by atoms with Gasteiger partial charge in [-0.05, 0) is 31.2 Å². The summed E-state index contributed by atoms with van der Waals surface area (Å²) in [4.78, 5) is 38.4. The Bertz CT molecular complexity index is 1320. The van der Waals surface area contributed by atoms with Gasteiger partial charge >= 0.3 is 0 Å². The number of pyridine rings is 1.